The monoisotopic (exact) mass is 810 g/mol. The largest absolute Gasteiger partial charge is 0.504 e. The van der Waals surface area contributed by atoms with E-state index in [-0.39, 0.29) is 74.9 Å². The van der Waals surface area contributed by atoms with Crippen LogP contribution in [0.15, 0.2) is 60.7 Å². The van der Waals surface area contributed by atoms with Crippen molar-refractivity contribution in [3.8, 4) is 57.5 Å². The van der Waals surface area contributed by atoms with Gasteiger partial charge in [-0.05, 0) is 59.2 Å². The average molecular weight is 811 g/mol. The first-order valence-electron chi connectivity index (χ1n) is 18.4. The zero-order valence-corrected chi connectivity index (χ0v) is 33.0. The van der Waals surface area contributed by atoms with Gasteiger partial charge in [-0.25, -0.2) is 0 Å². The third-order valence-corrected chi connectivity index (χ3v) is 10.6. The smallest absolute Gasteiger partial charge is 0.204 e. The maximum Gasteiger partial charge on any atom is 0.204 e. The molecule has 0 bridgehead atoms. The average Bonchev–Trinajstić information content (AvgIpc) is 3.87. The molecule has 2 fully saturated rings. The Labute approximate surface area is 335 Å². The van der Waals surface area contributed by atoms with Gasteiger partial charge in [0.2, 0.25) is 11.5 Å². The molecule has 4 aromatic rings. The van der Waals surface area contributed by atoms with Gasteiger partial charge in [-0.15, -0.1) is 0 Å². The number of phenols is 2. The molecule has 58 heavy (non-hydrogen) atoms. The Morgan fingerprint density at radius 1 is 0.552 bits per heavy atom. The summed E-state index contributed by atoms with van der Waals surface area (Å²) in [5.74, 6) is 1.14. The minimum Gasteiger partial charge on any atom is -0.504 e. The maximum absolute atomic E-state index is 11.2. The SMILES string of the molecule is COc1cc(C(O)C(CO)Oc2c(OC)cc(C3OCC4C(c5cc(OC)c(OC(CO)C(O)c6cccc(O)c6OC)c(OC)c5)OCC34)cc2OC)ccc1O. The number of benzene rings is 4. The normalized spacial score (nSPS) is 20.7. The summed E-state index contributed by atoms with van der Waals surface area (Å²) in [5, 5.41) is 63.2. The first kappa shape index (κ1) is 42.3. The topological polar surface area (TPSA) is 214 Å². The summed E-state index contributed by atoms with van der Waals surface area (Å²) in [6.07, 6.45) is -5.92. The minimum atomic E-state index is -1.40. The third kappa shape index (κ3) is 8.16. The van der Waals surface area contributed by atoms with Crippen LogP contribution < -0.4 is 37.9 Å². The second-order valence-corrected chi connectivity index (χ2v) is 13.7. The van der Waals surface area contributed by atoms with E-state index in [2.05, 4.69) is 0 Å². The summed E-state index contributed by atoms with van der Waals surface area (Å²) in [6, 6.07) is 15.9. The van der Waals surface area contributed by atoms with Gasteiger partial charge in [0.15, 0.2) is 58.2 Å². The second kappa shape index (κ2) is 18.5. The molecule has 0 radical (unpaired) electrons. The molecular weight excluding hydrogens is 760 g/mol. The zero-order valence-electron chi connectivity index (χ0n) is 33.0. The molecule has 6 rings (SSSR count). The van der Waals surface area contributed by atoms with Crippen LogP contribution in [0.4, 0.5) is 0 Å². The number of hydrogen-bond donors (Lipinski definition) is 6. The van der Waals surface area contributed by atoms with Gasteiger partial charge in [0, 0.05) is 17.4 Å². The number of hydrogen-bond acceptors (Lipinski definition) is 16. The lowest BCUT2D eigenvalue weighted by Crippen LogP contribution is -2.30. The molecule has 0 amide bonds. The predicted molar refractivity (Wildman–Crippen MR) is 206 cm³/mol. The number of methoxy groups -OCH3 is 6. The van der Waals surface area contributed by atoms with Crippen LogP contribution in [-0.4, -0.2) is 112 Å². The van der Waals surface area contributed by atoms with E-state index in [1.54, 1.807) is 36.4 Å². The molecule has 0 aliphatic carbocycles. The molecule has 8 atom stereocenters. The second-order valence-electron chi connectivity index (χ2n) is 13.7. The third-order valence-electron chi connectivity index (χ3n) is 10.6. The molecule has 16 nitrogen and oxygen atoms in total. The van der Waals surface area contributed by atoms with Crippen molar-refractivity contribution in [3.63, 3.8) is 0 Å². The lowest BCUT2D eigenvalue weighted by atomic mass is 9.84. The summed E-state index contributed by atoms with van der Waals surface area (Å²) in [4.78, 5) is 0. The fourth-order valence-corrected chi connectivity index (χ4v) is 7.59. The lowest BCUT2D eigenvalue weighted by molar-refractivity contribution is -0.00302. The highest BCUT2D eigenvalue weighted by Gasteiger charge is 2.49. The Hall–Kier alpha value is -5.36. The van der Waals surface area contributed by atoms with E-state index >= 15 is 0 Å². The van der Waals surface area contributed by atoms with Crippen LogP contribution in [0.3, 0.4) is 0 Å². The van der Waals surface area contributed by atoms with E-state index in [9.17, 15) is 30.6 Å². The van der Waals surface area contributed by atoms with Crippen molar-refractivity contribution in [2.24, 2.45) is 11.8 Å². The van der Waals surface area contributed by atoms with Crippen LogP contribution in [-0.2, 0) is 9.47 Å². The Morgan fingerprint density at radius 3 is 1.45 bits per heavy atom. The van der Waals surface area contributed by atoms with Crippen molar-refractivity contribution in [2.75, 3.05) is 69.1 Å². The van der Waals surface area contributed by atoms with Crippen LogP contribution in [0, 0.1) is 11.8 Å². The van der Waals surface area contributed by atoms with Gasteiger partial charge in [0.1, 0.15) is 12.2 Å². The molecule has 2 aliphatic rings. The lowest BCUT2D eigenvalue weighted by Gasteiger charge is -2.27. The molecule has 0 aromatic heterocycles. The molecule has 16 heteroatoms. The Morgan fingerprint density at radius 2 is 1.02 bits per heavy atom. The molecule has 8 unspecified atom stereocenters. The van der Waals surface area contributed by atoms with Crippen LogP contribution in [0.5, 0.6) is 57.5 Å². The summed E-state index contributed by atoms with van der Waals surface area (Å²) in [7, 11) is 8.61. The Kier molecular flexibility index (Phi) is 13.5. The van der Waals surface area contributed by atoms with Crippen LogP contribution in [0.2, 0.25) is 0 Å². The van der Waals surface area contributed by atoms with Gasteiger partial charge < -0.3 is 78.0 Å². The highest BCUT2D eigenvalue weighted by Crippen LogP contribution is 2.54. The van der Waals surface area contributed by atoms with Crippen molar-refractivity contribution < 1.29 is 78.0 Å². The highest BCUT2D eigenvalue weighted by molar-refractivity contribution is 5.56. The Balaban J connectivity index is 1.22. The first-order valence-corrected chi connectivity index (χ1v) is 18.4. The fourth-order valence-electron chi connectivity index (χ4n) is 7.59. The summed E-state index contributed by atoms with van der Waals surface area (Å²) < 4.78 is 58.5. The van der Waals surface area contributed by atoms with Crippen LogP contribution >= 0.6 is 0 Å². The van der Waals surface area contributed by atoms with E-state index in [0.29, 0.717) is 18.8 Å². The van der Waals surface area contributed by atoms with E-state index in [1.165, 1.54) is 66.9 Å². The molecule has 4 aromatic carbocycles. The predicted octanol–water partition coefficient (Wildman–Crippen LogP) is 4.17. The highest BCUT2D eigenvalue weighted by atomic mass is 16.6. The quantitative estimate of drug-likeness (QED) is 0.0832. The van der Waals surface area contributed by atoms with E-state index in [1.807, 2.05) is 0 Å². The maximum atomic E-state index is 11.2. The number of phenolic OH excluding ortho intramolecular Hbond substituents is 2. The summed E-state index contributed by atoms with van der Waals surface area (Å²) >= 11 is 0. The van der Waals surface area contributed by atoms with Crippen molar-refractivity contribution in [1.82, 2.24) is 0 Å². The zero-order chi connectivity index (χ0) is 41.7. The molecular formula is C42H50O16. The summed E-state index contributed by atoms with van der Waals surface area (Å²) in [6.45, 7) is -0.450. The van der Waals surface area contributed by atoms with Gasteiger partial charge in [-0.1, -0.05) is 18.2 Å². The van der Waals surface area contributed by atoms with Gasteiger partial charge in [0.25, 0.3) is 0 Å². The first-order chi connectivity index (χ1) is 28.0. The molecule has 6 N–H and O–H groups in total. The molecule has 2 heterocycles. The van der Waals surface area contributed by atoms with Crippen molar-refractivity contribution in [2.45, 2.75) is 36.6 Å². The molecule has 2 saturated heterocycles. The number of aliphatic hydroxyl groups is 4. The van der Waals surface area contributed by atoms with Crippen molar-refractivity contribution in [3.05, 3.63) is 82.9 Å². The van der Waals surface area contributed by atoms with Crippen molar-refractivity contribution >= 4 is 0 Å². The van der Waals surface area contributed by atoms with E-state index in [4.69, 9.17) is 47.4 Å². The number of para-hydroxylation sites is 1. The standard InChI is InChI=1S/C42H50O16/c1-49-29-12-21(10-11-27(29)45)36(47)34(17-43)57-41-30(50-2)13-22(14-31(41)51-3)38-25-19-56-39(26(25)20-55-38)23-15-32(52-4)42(33(16-23)53-5)58-35(18-44)37(48)24-8-7-9-28(46)40(24)54-6/h7-16,25-26,34-39,43-48H,17-20H2,1-6H3. The number of aromatic hydroxyl groups is 2. The number of fused-ring (bicyclic) bond motifs is 1. The number of rotatable bonds is 18. The molecule has 0 saturated carbocycles. The Bertz CT molecular complexity index is 1970. The minimum absolute atomic E-state index is 0.0522. The number of aliphatic hydroxyl groups excluding tert-OH is 4. The molecule has 314 valence electrons. The van der Waals surface area contributed by atoms with Gasteiger partial charge in [-0.2, -0.15) is 0 Å². The van der Waals surface area contributed by atoms with Gasteiger partial charge in [-0.3, -0.25) is 0 Å². The number of ether oxygens (including phenoxy) is 10. The molecule has 2 aliphatic heterocycles. The van der Waals surface area contributed by atoms with Gasteiger partial charge >= 0.3 is 0 Å². The van der Waals surface area contributed by atoms with Gasteiger partial charge in [0.05, 0.1) is 81.3 Å². The van der Waals surface area contributed by atoms with E-state index < -0.39 is 49.8 Å². The van der Waals surface area contributed by atoms with Crippen molar-refractivity contribution in [1.29, 1.82) is 0 Å². The van der Waals surface area contributed by atoms with E-state index in [0.717, 1.165) is 11.1 Å². The van der Waals surface area contributed by atoms with Crippen LogP contribution in [0.1, 0.15) is 46.7 Å². The summed E-state index contributed by atoms with van der Waals surface area (Å²) in [5.41, 5.74) is 2.03. The fraction of sp³-hybridized carbons (Fsp3) is 0.429. The molecule has 0 spiro atoms. The van der Waals surface area contributed by atoms with Crippen LogP contribution in [0.25, 0.3) is 0 Å².